The van der Waals surface area contributed by atoms with Gasteiger partial charge in [-0.05, 0) is 17.9 Å². The molecule has 0 aromatic heterocycles. The van der Waals surface area contributed by atoms with E-state index in [1.807, 2.05) is 42.5 Å². The van der Waals surface area contributed by atoms with Crippen LogP contribution in [0.2, 0.25) is 0 Å². The number of hydrogen-bond acceptors (Lipinski definition) is 3. The van der Waals surface area contributed by atoms with Gasteiger partial charge in [-0.2, -0.15) is 0 Å². The van der Waals surface area contributed by atoms with Crippen molar-refractivity contribution in [2.45, 2.75) is 25.5 Å². The summed E-state index contributed by atoms with van der Waals surface area (Å²) in [6, 6.07) is 9.27. The fraction of sp³-hybridized carbons (Fsp3) is 0.333. The van der Waals surface area contributed by atoms with Gasteiger partial charge in [-0.1, -0.05) is 42.5 Å². The summed E-state index contributed by atoms with van der Waals surface area (Å²) in [4.78, 5) is 22.2. The van der Waals surface area contributed by atoms with Crippen molar-refractivity contribution in [1.29, 1.82) is 0 Å². The molecular formula is C15H17NO4. The maximum atomic E-state index is 11.6. The normalized spacial score (nSPS) is 20.6. The van der Waals surface area contributed by atoms with Crippen molar-refractivity contribution in [2.24, 2.45) is 5.92 Å². The molecule has 0 heterocycles. The molecule has 2 rings (SSSR count). The second kappa shape index (κ2) is 6.75. The number of alkyl carbamates (subject to hydrolysis) is 1. The minimum atomic E-state index is -0.827. The second-order valence-corrected chi connectivity index (χ2v) is 4.79. The van der Waals surface area contributed by atoms with Gasteiger partial charge >= 0.3 is 12.1 Å². The van der Waals surface area contributed by atoms with E-state index in [0.29, 0.717) is 6.42 Å². The number of rotatable bonds is 5. The average molecular weight is 275 g/mol. The van der Waals surface area contributed by atoms with Crippen LogP contribution in [0.5, 0.6) is 0 Å². The highest BCUT2D eigenvalue weighted by atomic mass is 16.5. The van der Waals surface area contributed by atoms with Crippen LogP contribution in [0.15, 0.2) is 42.5 Å². The lowest BCUT2D eigenvalue weighted by Gasteiger charge is -2.13. The van der Waals surface area contributed by atoms with Gasteiger partial charge in [-0.15, -0.1) is 0 Å². The molecule has 0 spiro atoms. The lowest BCUT2D eigenvalue weighted by atomic mass is 10.0. The first-order valence-electron chi connectivity index (χ1n) is 6.51. The third-order valence-corrected chi connectivity index (χ3v) is 3.13. The molecule has 0 radical (unpaired) electrons. The molecule has 1 aromatic rings. The Balaban J connectivity index is 1.71. The predicted molar refractivity (Wildman–Crippen MR) is 73.1 cm³/mol. The molecule has 1 aliphatic rings. The van der Waals surface area contributed by atoms with Crippen molar-refractivity contribution < 1.29 is 19.4 Å². The summed E-state index contributed by atoms with van der Waals surface area (Å²) < 4.78 is 5.11. The Morgan fingerprint density at radius 2 is 2.00 bits per heavy atom. The maximum absolute atomic E-state index is 11.6. The molecule has 2 N–H and O–H groups in total. The predicted octanol–water partition coefficient (Wildman–Crippen LogP) is 2.33. The molecule has 1 aromatic carbocycles. The Hall–Kier alpha value is -2.30. The van der Waals surface area contributed by atoms with Crippen LogP contribution >= 0.6 is 0 Å². The van der Waals surface area contributed by atoms with Gasteiger partial charge < -0.3 is 15.2 Å². The molecule has 5 heteroatoms. The second-order valence-electron chi connectivity index (χ2n) is 4.79. The van der Waals surface area contributed by atoms with Crippen molar-refractivity contribution in [3.8, 4) is 0 Å². The Labute approximate surface area is 117 Å². The summed E-state index contributed by atoms with van der Waals surface area (Å²) >= 11 is 0. The topological polar surface area (TPSA) is 75.6 Å². The number of carboxylic acids is 1. The van der Waals surface area contributed by atoms with E-state index in [0.717, 1.165) is 5.56 Å². The van der Waals surface area contributed by atoms with Crippen LogP contribution in [0.4, 0.5) is 4.79 Å². The van der Waals surface area contributed by atoms with Crippen molar-refractivity contribution in [3.05, 3.63) is 48.0 Å². The third kappa shape index (κ3) is 4.42. The van der Waals surface area contributed by atoms with Gasteiger partial charge in [0.15, 0.2) is 0 Å². The maximum Gasteiger partial charge on any atom is 0.407 e. The zero-order valence-corrected chi connectivity index (χ0v) is 11.0. The lowest BCUT2D eigenvalue weighted by Crippen LogP contribution is -2.33. The highest BCUT2D eigenvalue weighted by Gasteiger charge is 2.22. The van der Waals surface area contributed by atoms with Gasteiger partial charge in [-0.3, -0.25) is 4.79 Å². The van der Waals surface area contributed by atoms with Crippen LogP contribution in [0.1, 0.15) is 18.4 Å². The fourth-order valence-electron chi connectivity index (χ4n) is 2.17. The van der Waals surface area contributed by atoms with E-state index in [4.69, 9.17) is 9.84 Å². The lowest BCUT2D eigenvalue weighted by molar-refractivity contribution is -0.137. The van der Waals surface area contributed by atoms with Crippen molar-refractivity contribution >= 4 is 12.1 Å². The Bertz CT molecular complexity index is 498. The minimum absolute atomic E-state index is 0.0214. The summed E-state index contributed by atoms with van der Waals surface area (Å²) in [7, 11) is 0. The number of benzene rings is 1. The summed E-state index contributed by atoms with van der Waals surface area (Å²) in [5.41, 5.74) is 0.924. The molecule has 0 saturated heterocycles. The van der Waals surface area contributed by atoms with Crippen LogP contribution in [-0.4, -0.2) is 23.2 Å². The van der Waals surface area contributed by atoms with Crippen LogP contribution in [0.3, 0.4) is 0 Å². The first kappa shape index (κ1) is 14.1. The summed E-state index contributed by atoms with van der Waals surface area (Å²) in [5, 5.41) is 11.4. The van der Waals surface area contributed by atoms with Crippen molar-refractivity contribution in [1.82, 2.24) is 5.32 Å². The number of ether oxygens (including phenoxy) is 1. The van der Waals surface area contributed by atoms with Crippen LogP contribution < -0.4 is 5.32 Å². The minimum Gasteiger partial charge on any atom is -0.481 e. The summed E-state index contributed by atoms with van der Waals surface area (Å²) in [6.45, 7) is 0.224. The number of amides is 1. The number of allylic oxidation sites excluding steroid dienone is 1. The quantitative estimate of drug-likeness (QED) is 0.809. The number of aliphatic carboxylic acids is 1. The zero-order valence-electron chi connectivity index (χ0n) is 11.0. The van der Waals surface area contributed by atoms with E-state index in [1.165, 1.54) is 0 Å². The van der Waals surface area contributed by atoms with E-state index in [9.17, 15) is 9.59 Å². The van der Waals surface area contributed by atoms with Gasteiger partial charge in [0.25, 0.3) is 0 Å². The highest BCUT2D eigenvalue weighted by Crippen LogP contribution is 2.21. The molecule has 20 heavy (non-hydrogen) atoms. The Morgan fingerprint density at radius 3 is 2.70 bits per heavy atom. The molecular weight excluding hydrogens is 258 g/mol. The largest absolute Gasteiger partial charge is 0.481 e. The third-order valence-electron chi connectivity index (χ3n) is 3.13. The van der Waals surface area contributed by atoms with Gasteiger partial charge in [0.05, 0.1) is 12.5 Å². The first-order valence-corrected chi connectivity index (χ1v) is 6.51. The highest BCUT2D eigenvalue weighted by molar-refractivity contribution is 5.69. The van der Waals surface area contributed by atoms with E-state index >= 15 is 0 Å². The molecule has 1 amide bonds. The number of carboxylic acid groups (broad SMARTS) is 1. The number of nitrogens with one attached hydrogen (secondary N) is 1. The number of carbonyl (C=O) groups excluding carboxylic acids is 1. The molecule has 0 bridgehead atoms. The van der Waals surface area contributed by atoms with E-state index in [-0.39, 0.29) is 25.0 Å². The molecule has 0 unspecified atom stereocenters. The average Bonchev–Trinajstić information content (AvgIpc) is 2.84. The van der Waals surface area contributed by atoms with Crippen LogP contribution in [-0.2, 0) is 16.1 Å². The Morgan fingerprint density at radius 1 is 1.25 bits per heavy atom. The molecule has 2 atom stereocenters. The van der Waals surface area contributed by atoms with Gasteiger partial charge in [0, 0.05) is 0 Å². The SMILES string of the molecule is O=C(O)C[C@H]1C=C[C@@H](NC(=O)OCc2ccccc2)C1. The zero-order chi connectivity index (χ0) is 14.4. The molecule has 1 aliphatic carbocycles. The molecule has 0 saturated carbocycles. The van der Waals surface area contributed by atoms with Crippen molar-refractivity contribution in [3.63, 3.8) is 0 Å². The monoisotopic (exact) mass is 275 g/mol. The van der Waals surface area contributed by atoms with Crippen LogP contribution in [0, 0.1) is 5.92 Å². The summed E-state index contributed by atoms with van der Waals surface area (Å²) in [6.07, 6.45) is 3.85. The van der Waals surface area contributed by atoms with Gasteiger partial charge in [0.2, 0.25) is 0 Å². The number of carbonyl (C=O) groups is 2. The molecule has 5 nitrogen and oxygen atoms in total. The van der Waals surface area contributed by atoms with E-state index < -0.39 is 12.1 Å². The number of hydrogen-bond donors (Lipinski definition) is 2. The van der Waals surface area contributed by atoms with Crippen LogP contribution in [0.25, 0.3) is 0 Å². The fourth-order valence-corrected chi connectivity index (χ4v) is 2.17. The molecule has 106 valence electrons. The van der Waals surface area contributed by atoms with E-state index in [1.54, 1.807) is 0 Å². The smallest absolute Gasteiger partial charge is 0.407 e. The molecule has 0 aliphatic heterocycles. The summed E-state index contributed by atoms with van der Waals surface area (Å²) in [5.74, 6) is -0.848. The molecule has 0 fully saturated rings. The van der Waals surface area contributed by atoms with E-state index in [2.05, 4.69) is 5.32 Å². The standard InChI is InChI=1S/C15H17NO4/c17-14(18)9-12-6-7-13(8-12)16-15(19)20-10-11-4-2-1-3-5-11/h1-7,12-13H,8-10H2,(H,16,19)(H,17,18)/t12-,13+/m0/s1. The van der Waals surface area contributed by atoms with Gasteiger partial charge in [0.1, 0.15) is 6.61 Å². The van der Waals surface area contributed by atoms with Crippen molar-refractivity contribution in [2.75, 3.05) is 0 Å². The Kier molecular flexibility index (Phi) is 4.76. The first-order chi connectivity index (χ1) is 9.63. The van der Waals surface area contributed by atoms with Gasteiger partial charge in [-0.25, -0.2) is 4.79 Å².